The molecular weight excluding hydrogens is 318 g/mol. The number of rotatable bonds is 6. The summed E-state index contributed by atoms with van der Waals surface area (Å²) in [6.45, 7) is 3.25. The molecule has 106 valence electrons. The first-order valence-corrected chi connectivity index (χ1v) is 7.37. The van der Waals surface area contributed by atoms with E-state index in [0.717, 1.165) is 28.0 Å². The van der Waals surface area contributed by atoms with E-state index in [4.69, 9.17) is 15.2 Å². The summed E-state index contributed by atoms with van der Waals surface area (Å²) in [5.74, 6) is 1.47. The lowest BCUT2D eigenvalue weighted by Crippen LogP contribution is -1.99. The van der Waals surface area contributed by atoms with E-state index in [1.54, 1.807) is 6.07 Å². The number of hydrogen-bond acceptors (Lipinski definition) is 3. The summed E-state index contributed by atoms with van der Waals surface area (Å²) < 4.78 is 12.4. The summed E-state index contributed by atoms with van der Waals surface area (Å²) in [4.78, 5) is 0. The molecule has 0 bridgehead atoms. The minimum Gasteiger partial charge on any atom is -0.493 e. The van der Waals surface area contributed by atoms with Gasteiger partial charge in [0.1, 0.15) is 18.1 Å². The third kappa shape index (κ3) is 4.46. The molecule has 0 atom stereocenters. The van der Waals surface area contributed by atoms with Crippen molar-refractivity contribution in [3.63, 3.8) is 0 Å². The van der Waals surface area contributed by atoms with Crippen LogP contribution >= 0.6 is 15.9 Å². The summed E-state index contributed by atoms with van der Waals surface area (Å²) in [5, 5.41) is 0. The van der Waals surface area contributed by atoms with E-state index in [9.17, 15) is 0 Å². The minimum atomic E-state index is 0.504. The van der Waals surface area contributed by atoms with Gasteiger partial charge in [0.2, 0.25) is 0 Å². The zero-order valence-corrected chi connectivity index (χ0v) is 13.0. The molecule has 0 amide bonds. The Labute approximate surface area is 127 Å². The van der Waals surface area contributed by atoms with Gasteiger partial charge in [-0.25, -0.2) is 0 Å². The van der Waals surface area contributed by atoms with Gasteiger partial charge in [0.25, 0.3) is 0 Å². The van der Waals surface area contributed by atoms with Gasteiger partial charge in [-0.2, -0.15) is 0 Å². The molecule has 0 saturated carbocycles. The van der Waals surface area contributed by atoms with E-state index in [1.807, 2.05) is 36.4 Å². The van der Waals surface area contributed by atoms with Crippen molar-refractivity contribution in [2.45, 2.75) is 20.0 Å². The van der Waals surface area contributed by atoms with Gasteiger partial charge in [0, 0.05) is 28.4 Å². The Hall–Kier alpha value is -1.68. The van der Waals surface area contributed by atoms with Crippen LogP contribution in [-0.4, -0.2) is 6.61 Å². The molecule has 0 saturated heterocycles. The molecule has 2 rings (SSSR count). The van der Waals surface area contributed by atoms with Crippen LogP contribution in [0.25, 0.3) is 0 Å². The van der Waals surface area contributed by atoms with Gasteiger partial charge in [-0.15, -0.1) is 0 Å². The average molecular weight is 336 g/mol. The van der Waals surface area contributed by atoms with Crippen molar-refractivity contribution in [2.24, 2.45) is 0 Å². The smallest absolute Gasteiger partial charge is 0.125 e. The Kier molecular flexibility index (Phi) is 5.30. The van der Waals surface area contributed by atoms with Crippen LogP contribution in [0.2, 0.25) is 0 Å². The Morgan fingerprint density at radius 3 is 2.30 bits per heavy atom. The molecule has 0 aliphatic heterocycles. The van der Waals surface area contributed by atoms with Crippen LogP contribution in [0.5, 0.6) is 11.5 Å². The molecular formula is C16H18BrNO2. The van der Waals surface area contributed by atoms with Crippen molar-refractivity contribution in [3.8, 4) is 11.5 Å². The quantitative estimate of drug-likeness (QED) is 0.795. The van der Waals surface area contributed by atoms with Crippen LogP contribution in [0.4, 0.5) is 5.69 Å². The summed E-state index contributed by atoms with van der Waals surface area (Å²) in [7, 11) is 0. The SMILES string of the molecule is CCCOc1cc(N)cc(OCc2ccc(Br)cc2)c1. The first-order valence-electron chi connectivity index (χ1n) is 6.58. The molecule has 0 aromatic heterocycles. The highest BCUT2D eigenvalue weighted by Gasteiger charge is 2.02. The van der Waals surface area contributed by atoms with Crippen LogP contribution in [0.15, 0.2) is 46.9 Å². The third-order valence-electron chi connectivity index (χ3n) is 2.69. The second kappa shape index (κ2) is 7.20. The second-order valence-corrected chi connectivity index (χ2v) is 5.42. The molecule has 0 aliphatic rings. The van der Waals surface area contributed by atoms with Crippen molar-refractivity contribution >= 4 is 21.6 Å². The van der Waals surface area contributed by atoms with Gasteiger partial charge in [-0.1, -0.05) is 35.0 Å². The lowest BCUT2D eigenvalue weighted by Gasteiger charge is -2.10. The highest BCUT2D eigenvalue weighted by atomic mass is 79.9. The van der Waals surface area contributed by atoms with Gasteiger partial charge in [-0.05, 0) is 24.1 Å². The molecule has 0 fully saturated rings. The summed E-state index contributed by atoms with van der Waals surface area (Å²) >= 11 is 3.41. The molecule has 3 nitrogen and oxygen atoms in total. The summed E-state index contributed by atoms with van der Waals surface area (Å²) in [6.07, 6.45) is 0.962. The lowest BCUT2D eigenvalue weighted by atomic mass is 10.2. The average Bonchev–Trinajstić information content (AvgIpc) is 2.44. The standard InChI is InChI=1S/C16H18BrNO2/c1-2-7-19-15-8-14(18)9-16(10-15)20-11-12-3-5-13(17)6-4-12/h3-6,8-10H,2,7,11,18H2,1H3. The largest absolute Gasteiger partial charge is 0.493 e. The van der Waals surface area contributed by atoms with E-state index in [2.05, 4.69) is 22.9 Å². The fraction of sp³-hybridized carbons (Fsp3) is 0.250. The fourth-order valence-corrected chi connectivity index (χ4v) is 1.99. The molecule has 0 unspecified atom stereocenters. The van der Waals surface area contributed by atoms with Crippen molar-refractivity contribution in [1.29, 1.82) is 0 Å². The van der Waals surface area contributed by atoms with Crippen LogP contribution in [-0.2, 0) is 6.61 Å². The van der Waals surface area contributed by atoms with Gasteiger partial charge in [0.15, 0.2) is 0 Å². The van der Waals surface area contributed by atoms with Gasteiger partial charge in [0.05, 0.1) is 6.61 Å². The lowest BCUT2D eigenvalue weighted by molar-refractivity contribution is 0.295. The molecule has 0 radical (unpaired) electrons. The number of nitrogens with two attached hydrogens (primary N) is 1. The summed E-state index contributed by atoms with van der Waals surface area (Å²) in [6, 6.07) is 13.5. The second-order valence-electron chi connectivity index (χ2n) is 4.50. The molecule has 2 aromatic carbocycles. The number of hydrogen-bond donors (Lipinski definition) is 1. The number of halogens is 1. The highest BCUT2D eigenvalue weighted by Crippen LogP contribution is 2.25. The number of nitrogen functional groups attached to an aromatic ring is 1. The van der Waals surface area contributed by atoms with Crippen molar-refractivity contribution in [3.05, 3.63) is 52.5 Å². The molecule has 0 spiro atoms. The highest BCUT2D eigenvalue weighted by molar-refractivity contribution is 9.10. The first kappa shape index (κ1) is 14.7. The van der Waals surface area contributed by atoms with Crippen molar-refractivity contribution in [1.82, 2.24) is 0 Å². The van der Waals surface area contributed by atoms with Gasteiger partial charge >= 0.3 is 0 Å². The molecule has 0 aliphatic carbocycles. The molecule has 4 heteroatoms. The predicted octanol–water partition coefficient (Wildman–Crippen LogP) is 4.40. The predicted molar refractivity (Wildman–Crippen MR) is 85.1 cm³/mol. The number of benzene rings is 2. The van der Waals surface area contributed by atoms with Crippen LogP contribution in [0, 0.1) is 0 Å². The van der Waals surface area contributed by atoms with E-state index >= 15 is 0 Å². The maximum absolute atomic E-state index is 5.85. The fourth-order valence-electron chi connectivity index (χ4n) is 1.73. The number of anilines is 1. The Balaban J connectivity index is 2.01. The van der Waals surface area contributed by atoms with E-state index in [1.165, 1.54) is 0 Å². The Bertz CT molecular complexity index is 555. The monoisotopic (exact) mass is 335 g/mol. The molecule has 20 heavy (non-hydrogen) atoms. The van der Waals surface area contributed by atoms with E-state index in [0.29, 0.717) is 18.9 Å². The molecule has 2 aromatic rings. The van der Waals surface area contributed by atoms with Crippen LogP contribution in [0.3, 0.4) is 0 Å². The Morgan fingerprint density at radius 1 is 1.00 bits per heavy atom. The van der Waals surface area contributed by atoms with Gasteiger partial charge < -0.3 is 15.2 Å². The van der Waals surface area contributed by atoms with Crippen molar-refractivity contribution in [2.75, 3.05) is 12.3 Å². The van der Waals surface area contributed by atoms with Crippen LogP contribution < -0.4 is 15.2 Å². The topological polar surface area (TPSA) is 44.5 Å². The minimum absolute atomic E-state index is 0.504. The zero-order valence-electron chi connectivity index (χ0n) is 11.4. The van der Waals surface area contributed by atoms with Crippen LogP contribution in [0.1, 0.15) is 18.9 Å². The Morgan fingerprint density at radius 2 is 1.65 bits per heavy atom. The maximum Gasteiger partial charge on any atom is 0.125 e. The molecule has 2 N–H and O–H groups in total. The third-order valence-corrected chi connectivity index (χ3v) is 3.22. The van der Waals surface area contributed by atoms with E-state index < -0.39 is 0 Å². The van der Waals surface area contributed by atoms with E-state index in [-0.39, 0.29) is 0 Å². The zero-order chi connectivity index (χ0) is 14.4. The van der Waals surface area contributed by atoms with Gasteiger partial charge in [-0.3, -0.25) is 0 Å². The number of ether oxygens (including phenoxy) is 2. The first-order chi connectivity index (χ1) is 9.67. The van der Waals surface area contributed by atoms with Crippen molar-refractivity contribution < 1.29 is 9.47 Å². The normalized spacial score (nSPS) is 10.3. The maximum atomic E-state index is 5.85. The molecule has 0 heterocycles. The summed E-state index contributed by atoms with van der Waals surface area (Å²) in [5.41, 5.74) is 7.60.